The van der Waals surface area contributed by atoms with Crippen LogP contribution in [0.5, 0.6) is 0 Å². The minimum Gasteiger partial charge on any atom is -0.354 e. The highest BCUT2D eigenvalue weighted by atomic mass is 35.5. The van der Waals surface area contributed by atoms with Gasteiger partial charge in [-0.15, -0.1) is 24.8 Å². The number of hydrogen-bond acceptors (Lipinski definition) is 3. The monoisotopic (exact) mass is 361 g/mol. The molecule has 0 bridgehead atoms. The Bertz CT molecular complexity index is 455. The van der Waals surface area contributed by atoms with Crippen molar-refractivity contribution < 1.29 is 4.79 Å². The molecule has 0 aliphatic carbocycles. The Hall–Kier alpha value is -0.810. The van der Waals surface area contributed by atoms with Crippen LogP contribution in [-0.2, 0) is 11.3 Å². The van der Waals surface area contributed by atoms with Gasteiger partial charge in [-0.3, -0.25) is 9.69 Å². The van der Waals surface area contributed by atoms with Crippen LogP contribution in [0.3, 0.4) is 0 Å². The Morgan fingerprint density at radius 1 is 1.22 bits per heavy atom. The number of carbonyl (C=O) groups is 1. The minimum atomic E-state index is -0.784. The zero-order chi connectivity index (χ0) is 15.3. The predicted molar refractivity (Wildman–Crippen MR) is 100 cm³/mol. The van der Waals surface area contributed by atoms with Gasteiger partial charge in [-0.1, -0.05) is 30.3 Å². The molecule has 132 valence electrons. The number of nitrogens with zero attached hydrogens (tertiary/aromatic N) is 1. The Morgan fingerprint density at radius 3 is 2.30 bits per heavy atom. The van der Waals surface area contributed by atoms with Gasteiger partial charge in [0.25, 0.3) is 0 Å². The molecule has 1 saturated heterocycles. The van der Waals surface area contributed by atoms with Gasteiger partial charge in [-0.05, 0) is 51.3 Å². The van der Waals surface area contributed by atoms with Crippen LogP contribution >= 0.6 is 24.8 Å². The Labute approximate surface area is 152 Å². The van der Waals surface area contributed by atoms with E-state index in [-0.39, 0.29) is 30.7 Å². The molecule has 0 spiro atoms. The van der Waals surface area contributed by atoms with Crippen molar-refractivity contribution in [3.63, 3.8) is 0 Å². The standard InChI is InChI=1S/C17H27N3O.2ClH/c1-17(2,18)16(21)19-12-14-8-10-20(11-9-14)13-15-6-4-3-5-7-15;;/h3-7,14H,8-13,18H2,1-2H3,(H,19,21);2*1H. The first-order valence-electron chi connectivity index (χ1n) is 7.78. The van der Waals surface area contributed by atoms with E-state index in [9.17, 15) is 4.79 Å². The maximum absolute atomic E-state index is 11.8. The number of halogens is 2. The molecule has 1 heterocycles. The summed E-state index contributed by atoms with van der Waals surface area (Å²) in [7, 11) is 0. The fourth-order valence-corrected chi connectivity index (χ4v) is 2.66. The molecule has 2 rings (SSSR count). The zero-order valence-electron chi connectivity index (χ0n) is 14.0. The van der Waals surface area contributed by atoms with Gasteiger partial charge in [0.05, 0.1) is 5.54 Å². The smallest absolute Gasteiger partial charge is 0.239 e. The van der Waals surface area contributed by atoms with Gasteiger partial charge in [-0.2, -0.15) is 0 Å². The van der Waals surface area contributed by atoms with Crippen LogP contribution in [0.15, 0.2) is 30.3 Å². The Kier molecular flexibility index (Phi) is 9.78. The lowest BCUT2D eigenvalue weighted by Gasteiger charge is -2.32. The number of nitrogens with one attached hydrogen (secondary N) is 1. The maximum atomic E-state index is 11.8. The number of rotatable bonds is 5. The van der Waals surface area contributed by atoms with E-state index in [1.807, 2.05) is 0 Å². The van der Waals surface area contributed by atoms with Crippen molar-refractivity contribution in [3.8, 4) is 0 Å². The van der Waals surface area contributed by atoms with Crippen molar-refractivity contribution in [3.05, 3.63) is 35.9 Å². The quantitative estimate of drug-likeness (QED) is 0.847. The zero-order valence-corrected chi connectivity index (χ0v) is 15.6. The summed E-state index contributed by atoms with van der Waals surface area (Å²) in [4.78, 5) is 14.3. The molecule has 0 saturated carbocycles. The second kappa shape index (κ2) is 10.1. The van der Waals surface area contributed by atoms with Crippen molar-refractivity contribution in [2.24, 2.45) is 11.7 Å². The fraction of sp³-hybridized carbons (Fsp3) is 0.588. The number of hydrogen-bond donors (Lipinski definition) is 2. The molecule has 1 aromatic rings. The predicted octanol–water partition coefficient (Wildman–Crippen LogP) is 2.60. The highest BCUT2D eigenvalue weighted by molar-refractivity contribution is 5.85. The number of amides is 1. The molecule has 0 aromatic heterocycles. The lowest BCUT2D eigenvalue weighted by molar-refractivity contribution is -0.125. The molecule has 1 aliphatic heterocycles. The summed E-state index contributed by atoms with van der Waals surface area (Å²) in [5.74, 6) is 0.512. The number of piperidine rings is 1. The molecule has 1 aliphatic rings. The van der Waals surface area contributed by atoms with Crippen LogP contribution in [0.25, 0.3) is 0 Å². The molecular formula is C17H29Cl2N3O. The van der Waals surface area contributed by atoms with E-state index in [1.54, 1.807) is 13.8 Å². The third-order valence-electron chi connectivity index (χ3n) is 4.09. The average molecular weight is 362 g/mol. The molecule has 0 unspecified atom stereocenters. The Morgan fingerprint density at radius 2 is 1.78 bits per heavy atom. The van der Waals surface area contributed by atoms with Crippen molar-refractivity contribution in [1.82, 2.24) is 10.2 Å². The first kappa shape index (κ1) is 22.2. The first-order chi connectivity index (χ1) is 9.95. The molecule has 1 aromatic carbocycles. The van der Waals surface area contributed by atoms with Crippen molar-refractivity contribution in [2.45, 2.75) is 38.8 Å². The van der Waals surface area contributed by atoms with Gasteiger partial charge in [0.1, 0.15) is 0 Å². The molecule has 4 nitrogen and oxygen atoms in total. The molecule has 6 heteroatoms. The summed E-state index contributed by atoms with van der Waals surface area (Å²) in [5.41, 5.74) is 6.37. The van der Waals surface area contributed by atoms with Gasteiger partial charge in [0.2, 0.25) is 5.91 Å². The van der Waals surface area contributed by atoms with Gasteiger partial charge in [-0.25, -0.2) is 0 Å². The second-order valence-corrected chi connectivity index (χ2v) is 6.64. The number of benzene rings is 1. The van der Waals surface area contributed by atoms with E-state index in [0.29, 0.717) is 5.92 Å². The average Bonchev–Trinajstić information content (AvgIpc) is 2.46. The Balaban J connectivity index is 0.00000242. The highest BCUT2D eigenvalue weighted by Gasteiger charge is 2.24. The third kappa shape index (κ3) is 7.53. The normalized spacial score (nSPS) is 16.1. The van der Waals surface area contributed by atoms with Crippen molar-refractivity contribution in [1.29, 1.82) is 0 Å². The SMILES string of the molecule is CC(C)(N)C(=O)NCC1CCN(Cc2ccccc2)CC1.Cl.Cl. The van der Waals surface area contributed by atoms with Crippen molar-refractivity contribution >= 4 is 30.7 Å². The lowest BCUT2D eigenvalue weighted by Crippen LogP contribution is -2.50. The first-order valence-corrected chi connectivity index (χ1v) is 7.78. The third-order valence-corrected chi connectivity index (χ3v) is 4.09. The van der Waals surface area contributed by atoms with Gasteiger partial charge < -0.3 is 11.1 Å². The maximum Gasteiger partial charge on any atom is 0.239 e. The van der Waals surface area contributed by atoms with Crippen LogP contribution < -0.4 is 11.1 Å². The van der Waals surface area contributed by atoms with Crippen LogP contribution in [0, 0.1) is 5.92 Å². The van der Waals surface area contributed by atoms with Crippen LogP contribution in [0.1, 0.15) is 32.3 Å². The molecule has 1 fully saturated rings. The highest BCUT2D eigenvalue weighted by Crippen LogP contribution is 2.18. The van der Waals surface area contributed by atoms with Crippen LogP contribution in [0.4, 0.5) is 0 Å². The molecule has 1 amide bonds. The van der Waals surface area contributed by atoms with E-state index in [4.69, 9.17) is 5.73 Å². The van der Waals surface area contributed by atoms with E-state index < -0.39 is 5.54 Å². The summed E-state index contributed by atoms with van der Waals surface area (Å²) in [6.07, 6.45) is 2.27. The second-order valence-electron chi connectivity index (χ2n) is 6.64. The van der Waals surface area contributed by atoms with Gasteiger partial charge in [0, 0.05) is 13.1 Å². The number of nitrogens with two attached hydrogens (primary N) is 1. The molecule has 0 atom stereocenters. The van der Waals surface area contributed by atoms with E-state index in [0.717, 1.165) is 39.0 Å². The summed E-state index contributed by atoms with van der Waals surface area (Å²) in [5, 5.41) is 2.97. The topological polar surface area (TPSA) is 58.4 Å². The van der Waals surface area contributed by atoms with E-state index in [2.05, 4.69) is 40.5 Å². The van der Waals surface area contributed by atoms with Gasteiger partial charge >= 0.3 is 0 Å². The van der Waals surface area contributed by atoms with E-state index in [1.165, 1.54) is 5.56 Å². The fourth-order valence-electron chi connectivity index (χ4n) is 2.66. The number of carbonyl (C=O) groups excluding carboxylic acids is 1. The summed E-state index contributed by atoms with van der Waals surface area (Å²) >= 11 is 0. The minimum absolute atomic E-state index is 0. The van der Waals surface area contributed by atoms with Crippen LogP contribution in [-0.4, -0.2) is 36.0 Å². The summed E-state index contributed by atoms with van der Waals surface area (Å²) in [6.45, 7) is 7.45. The largest absolute Gasteiger partial charge is 0.354 e. The molecule has 0 radical (unpaired) electrons. The molecular weight excluding hydrogens is 333 g/mol. The number of likely N-dealkylation sites (tertiary alicyclic amines) is 1. The lowest BCUT2D eigenvalue weighted by atomic mass is 9.96. The summed E-state index contributed by atoms with van der Waals surface area (Å²) in [6, 6.07) is 10.6. The van der Waals surface area contributed by atoms with Gasteiger partial charge in [0.15, 0.2) is 0 Å². The summed E-state index contributed by atoms with van der Waals surface area (Å²) < 4.78 is 0. The van der Waals surface area contributed by atoms with E-state index >= 15 is 0 Å². The van der Waals surface area contributed by atoms with Crippen molar-refractivity contribution in [2.75, 3.05) is 19.6 Å². The van der Waals surface area contributed by atoms with Crippen LogP contribution in [0.2, 0.25) is 0 Å². The molecule has 3 N–H and O–H groups in total. The molecule has 23 heavy (non-hydrogen) atoms.